The van der Waals surface area contributed by atoms with Gasteiger partial charge in [0.25, 0.3) is 6.43 Å². The van der Waals surface area contributed by atoms with Crippen LogP contribution in [0.3, 0.4) is 0 Å². The van der Waals surface area contributed by atoms with Crippen molar-refractivity contribution in [1.82, 2.24) is 5.32 Å². The number of hydrogen-bond donors (Lipinski definition) is 1. The van der Waals surface area contributed by atoms with Gasteiger partial charge in [0.05, 0.1) is 6.54 Å². The average molecular weight is 374 g/mol. The quantitative estimate of drug-likeness (QED) is 0.710. The first kappa shape index (κ1) is 20.6. The first-order chi connectivity index (χ1) is 13.0. The monoisotopic (exact) mass is 374 g/mol. The van der Waals surface area contributed by atoms with E-state index in [0.29, 0.717) is 17.7 Å². The molecule has 144 valence electrons. The van der Waals surface area contributed by atoms with Crippen LogP contribution in [0.4, 0.5) is 14.5 Å². The highest BCUT2D eigenvalue weighted by Gasteiger charge is 2.32. The Morgan fingerprint density at radius 3 is 2.15 bits per heavy atom. The minimum Gasteiger partial charge on any atom is -0.348 e. The third-order valence-corrected chi connectivity index (χ3v) is 4.10. The molecule has 27 heavy (non-hydrogen) atoms. The topological polar surface area (TPSA) is 49.4 Å². The second-order valence-corrected chi connectivity index (χ2v) is 6.15. The fourth-order valence-corrected chi connectivity index (χ4v) is 2.80. The third kappa shape index (κ3) is 5.88. The van der Waals surface area contributed by atoms with Crippen LogP contribution in [0, 0.1) is 0 Å². The molecular weight excluding hydrogens is 350 g/mol. The normalized spacial score (nSPS) is 11.9. The number of benzene rings is 2. The molecule has 0 spiro atoms. The summed E-state index contributed by atoms with van der Waals surface area (Å²) in [6.07, 6.45) is -0.868. The van der Waals surface area contributed by atoms with Gasteiger partial charge in [-0.3, -0.25) is 14.5 Å². The molecule has 0 aliphatic rings. The maximum Gasteiger partial charge on any atom is 0.255 e. The van der Waals surface area contributed by atoms with Crippen molar-refractivity contribution < 1.29 is 18.4 Å². The Labute approximate surface area is 158 Å². The Balaban J connectivity index is 2.45. The number of halogens is 2. The molecule has 1 unspecified atom stereocenters. The highest BCUT2D eigenvalue weighted by atomic mass is 19.3. The van der Waals surface area contributed by atoms with Crippen LogP contribution in [0.5, 0.6) is 0 Å². The molecule has 1 N–H and O–H groups in total. The van der Waals surface area contributed by atoms with Crippen LogP contribution < -0.4 is 10.2 Å². The SMILES string of the molecule is CCCCC(=O)N(c1ccccc1)C(C(=O)NCC(F)F)c1ccccc1. The van der Waals surface area contributed by atoms with E-state index in [1.54, 1.807) is 54.6 Å². The van der Waals surface area contributed by atoms with Gasteiger partial charge in [0.15, 0.2) is 0 Å². The number of carbonyl (C=O) groups is 2. The first-order valence-electron chi connectivity index (χ1n) is 9.02. The summed E-state index contributed by atoms with van der Waals surface area (Å²) in [6, 6.07) is 16.5. The molecular formula is C21H24F2N2O2. The van der Waals surface area contributed by atoms with Crippen LogP contribution in [-0.4, -0.2) is 24.8 Å². The molecule has 2 aromatic carbocycles. The molecule has 4 nitrogen and oxygen atoms in total. The molecule has 0 aromatic heterocycles. The van der Waals surface area contributed by atoms with Crippen molar-refractivity contribution in [3.63, 3.8) is 0 Å². The number of amides is 2. The number of nitrogens with zero attached hydrogens (tertiary/aromatic N) is 1. The van der Waals surface area contributed by atoms with Crippen molar-refractivity contribution in [2.75, 3.05) is 11.4 Å². The Kier molecular flexibility index (Phi) is 7.92. The number of nitrogens with one attached hydrogen (secondary N) is 1. The van der Waals surface area contributed by atoms with Gasteiger partial charge >= 0.3 is 0 Å². The second kappa shape index (κ2) is 10.4. The van der Waals surface area contributed by atoms with Gasteiger partial charge in [-0.25, -0.2) is 8.78 Å². The minimum absolute atomic E-state index is 0.218. The highest BCUT2D eigenvalue weighted by molar-refractivity contribution is 6.01. The Morgan fingerprint density at radius 2 is 1.59 bits per heavy atom. The highest BCUT2D eigenvalue weighted by Crippen LogP contribution is 2.29. The zero-order valence-electron chi connectivity index (χ0n) is 15.3. The van der Waals surface area contributed by atoms with Crippen molar-refractivity contribution in [3.05, 3.63) is 66.2 Å². The van der Waals surface area contributed by atoms with Crippen LogP contribution in [0.2, 0.25) is 0 Å². The van der Waals surface area contributed by atoms with Crippen molar-refractivity contribution >= 4 is 17.5 Å². The number of hydrogen-bond acceptors (Lipinski definition) is 2. The third-order valence-electron chi connectivity index (χ3n) is 4.10. The Morgan fingerprint density at radius 1 is 1.00 bits per heavy atom. The molecule has 0 radical (unpaired) electrons. The van der Waals surface area contributed by atoms with Gasteiger partial charge in [0.2, 0.25) is 11.8 Å². The number of alkyl halides is 2. The molecule has 0 saturated heterocycles. The van der Waals surface area contributed by atoms with Crippen molar-refractivity contribution in [2.24, 2.45) is 0 Å². The average Bonchev–Trinajstić information content (AvgIpc) is 2.69. The summed E-state index contributed by atoms with van der Waals surface area (Å²) < 4.78 is 25.2. The van der Waals surface area contributed by atoms with E-state index < -0.39 is 24.9 Å². The molecule has 0 heterocycles. The van der Waals surface area contributed by atoms with Gasteiger partial charge in [-0.05, 0) is 24.1 Å². The number of para-hydroxylation sites is 1. The fourth-order valence-electron chi connectivity index (χ4n) is 2.80. The van der Waals surface area contributed by atoms with E-state index in [-0.39, 0.29) is 12.3 Å². The Hall–Kier alpha value is -2.76. The molecule has 6 heteroatoms. The van der Waals surface area contributed by atoms with Crippen molar-refractivity contribution in [3.8, 4) is 0 Å². The van der Waals surface area contributed by atoms with E-state index in [4.69, 9.17) is 0 Å². The number of rotatable bonds is 9. The van der Waals surface area contributed by atoms with E-state index in [9.17, 15) is 18.4 Å². The molecule has 0 aliphatic heterocycles. The van der Waals surface area contributed by atoms with Gasteiger partial charge < -0.3 is 5.32 Å². The molecule has 2 amide bonds. The van der Waals surface area contributed by atoms with E-state index in [0.717, 1.165) is 6.42 Å². The molecule has 2 aromatic rings. The fraction of sp³-hybridized carbons (Fsp3) is 0.333. The maximum atomic E-state index is 13.0. The minimum atomic E-state index is -2.66. The molecule has 0 bridgehead atoms. The first-order valence-corrected chi connectivity index (χ1v) is 9.02. The van der Waals surface area contributed by atoms with Crippen LogP contribution in [-0.2, 0) is 9.59 Å². The van der Waals surface area contributed by atoms with E-state index in [2.05, 4.69) is 5.32 Å². The molecule has 0 fully saturated rings. The summed E-state index contributed by atoms with van der Waals surface area (Å²) in [6.45, 7) is 1.22. The van der Waals surface area contributed by atoms with Crippen LogP contribution in [0.15, 0.2) is 60.7 Å². The zero-order valence-corrected chi connectivity index (χ0v) is 15.3. The lowest BCUT2D eigenvalue weighted by Crippen LogP contribution is -2.45. The summed E-state index contributed by atoms with van der Waals surface area (Å²) >= 11 is 0. The van der Waals surface area contributed by atoms with Crippen LogP contribution in [0.1, 0.15) is 37.8 Å². The van der Waals surface area contributed by atoms with Gasteiger partial charge in [0, 0.05) is 12.1 Å². The van der Waals surface area contributed by atoms with Crippen LogP contribution >= 0.6 is 0 Å². The smallest absolute Gasteiger partial charge is 0.255 e. The van der Waals surface area contributed by atoms with Crippen LogP contribution in [0.25, 0.3) is 0 Å². The molecule has 2 rings (SSSR count). The standard InChI is InChI=1S/C21H24F2N2O2/c1-2-3-14-19(26)25(17-12-8-5-9-13-17)20(16-10-6-4-7-11-16)21(27)24-15-18(22)23/h4-13,18,20H,2-3,14-15H2,1H3,(H,24,27). The number of anilines is 1. The number of unbranched alkanes of at least 4 members (excludes halogenated alkanes) is 1. The summed E-state index contributed by atoms with van der Waals surface area (Å²) in [4.78, 5) is 27.2. The summed E-state index contributed by atoms with van der Waals surface area (Å²) in [5.41, 5.74) is 1.12. The lowest BCUT2D eigenvalue weighted by atomic mass is 10.0. The summed E-state index contributed by atoms with van der Waals surface area (Å²) in [5.74, 6) is -0.848. The van der Waals surface area contributed by atoms with Gasteiger partial charge in [-0.2, -0.15) is 0 Å². The molecule has 0 saturated carbocycles. The van der Waals surface area contributed by atoms with Gasteiger partial charge in [-0.1, -0.05) is 61.9 Å². The van der Waals surface area contributed by atoms with Crippen molar-refractivity contribution in [2.45, 2.75) is 38.7 Å². The van der Waals surface area contributed by atoms with Crippen molar-refractivity contribution in [1.29, 1.82) is 0 Å². The zero-order chi connectivity index (χ0) is 19.6. The predicted octanol–water partition coefficient (Wildman–Crippen LogP) is 4.33. The second-order valence-electron chi connectivity index (χ2n) is 6.15. The van der Waals surface area contributed by atoms with E-state index in [1.807, 2.05) is 13.0 Å². The molecule has 0 aliphatic carbocycles. The predicted molar refractivity (Wildman–Crippen MR) is 102 cm³/mol. The lowest BCUT2D eigenvalue weighted by molar-refractivity contribution is -0.127. The van der Waals surface area contributed by atoms with Gasteiger partial charge in [0.1, 0.15) is 6.04 Å². The maximum absolute atomic E-state index is 13.0. The Bertz CT molecular complexity index is 723. The molecule has 1 atom stereocenters. The van der Waals surface area contributed by atoms with E-state index >= 15 is 0 Å². The van der Waals surface area contributed by atoms with E-state index in [1.165, 1.54) is 4.90 Å². The summed E-state index contributed by atoms with van der Waals surface area (Å²) in [5, 5.41) is 2.26. The largest absolute Gasteiger partial charge is 0.348 e. The number of carbonyl (C=O) groups excluding carboxylic acids is 2. The van der Waals surface area contributed by atoms with Gasteiger partial charge in [-0.15, -0.1) is 0 Å². The summed E-state index contributed by atoms with van der Waals surface area (Å²) in [7, 11) is 0. The lowest BCUT2D eigenvalue weighted by Gasteiger charge is -2.31.